The maximum atomic E-state index is 6.27. The Bertz CT molecular complexity index is 421. The molecule has 0 aliphatic heterocycles. The third-order valence-electron chi connectivity index (χ3n) is 4.90. The van der Waals surface area contributed by atoms with Crippen molar-refractivity contribution >= 4 is 11.6 Å². The summed E-state index contributed by atoms with van der Waals surface area (Å²) < 4.78 is 0. The highest BCUT2D eigenvalue weighted by Crippen LogP contribution is 2.51. The molecule has 2 aliphatic rings. The summed E-state index contributed by atoms with van der Waals surface area (Å²) in [5.41, 5.74) is 4.10. The van der Waals surface area contributed by atoms with Gasteiger partial charge in [0.05, 0.1) is 0 Å². The molecule has 1 aromatic rings. The van der Waals surface area contributed by atoms with Crippen LogP contribution in [0.3, 0.4) is 0 Å². The molecule has 0 saturated heterocycles. The van der Waals surface area contributed by atoms with Crippen LogP contribution in [0.15, 0.2) is 24.3 Å². The van der Waals surface area contributed by atoms with E-state index in [1.54, 1.807) is 0 Å². The monoisotopic (exact) mass is 264 g/mol. The topological polar surface area (TPSA) is 38.0 Å². The van der Waals surface area contributed by atoms with Crippen molar-refractivity contribution in [2.24, 2.45) is 23.6 Å². The lowest BCUT2D eigenvalue weighted by Gasteiger charge is -2.27. The van der Waals surface area contributed by atoms with Crippen LogP contribution in [0, 0.1) is 17.8 Å². The smallest absolute Gasteiger partial charge is 0.0477 e. The predicted molar refractivity (Wildman–Crippen MR) is 75.1 cm³/mol. The first kappa shape index (κ1) is 12.5. The van der Waals surface area contributed by atoms with Gasteiger partial charge in [-0.2, -0.15) is 0 Å². The highest BCUT2D eigenvalue weighted by molar-refractivity contribution is 6.31. The van der Waals surface area contributed by atoms with Crippen molar-refractivity contribution in [1.82, 2.24) is 5.43 Å². The SMILES string of the molecule is NNC(CC1CC2CCC1C2)c1ccccc1Cl. The molecule has 2 fully saturated rings. The van der Waals surface area contributed by atoms with Gasteiger partial charge in [-0.1, -0.05) is 36.2 Å². The molecule has 0 heterocycles. The van der Waals surface area contributed by atoms with Crippen LogP contribution < -0.4 is 11.3 Å². The number of benzene rings is 1. The zero-order valence-electron chi connectivity index (χ0n) is 10.6. The van der Waals surface area contributed by atoms with Crippen LogP contribution in [0.4, 0.5) is 0 Å². The van der Waals surface area contributed by atoms with Gasteiger partial charge < -0.3 is 0 Å². The van der Waals surface area contributed by atoms with Gasteiger partial charge >= 0.3 is 0 Å². The molecule has 3 rings (SSSR count). The molecule has 2 bridgehead atoms. The summed E-state index contributed by atoms with van der Waals surface area (Å²) in [6.45, 7) is 0. The summed E-state index contributed by atoms with van der Waals surface area (Å²) in [5.74, 6) is 8.50. The fourth-order valence-corrected chi connectivity index (χ4v) is 4.28. The minimum Gasteiger partial charge on any atom is -0.271 e. The Kier molecular flexibility index (Phi) is 3.60. The van der Waals surface area contributed by atoms with Crippen LogP contribution in [-0.2, 0) is 0 Å². The van der Waals surface area contributed by atoms with E-state index in [0.717, 1.165) is 34.8 Å². The third-order valence-corrected chi connectivity index (χ3v) is 5.25. The zero-order chi connectivity index (χ0) is 12.5. The van der Waals surface area contributed by atoms with E-state index >= 15 is 0 Å². The summed E-state index contributed by atoms with van der Waals surface area (Å²) in [6, 6.07) is 8.23. The minimum absolute atomic E-state index is 0.197. The van der Waals surface area contributed by atoms with Gasteiger partial charge in [-0.15, -0.1) is 0 Å². The van der Waals surface area contributed by atoms with Gasteiger partial charge in [0.15, 0.2) is 0 Å². The molecule has 2 aliphatic carbocycles. The van der Waals surface area contributed by atoms with Gasteiger partial charge in [-0.05, 0) is 55.1 Å². The predicted octanol–water partition coefficient (Wildman–Crippen LogP) is 3.67. The largest absolute Gasteiger partial charge is 0.271 e. The molecule has 3 heteroatoms. The second-order valence-corrected chi connectivity index (χ2v) is 6.32. The fraction of sp³-hybridized carbons (Fsp3) is 0.600. The Labute approximate surface area is 114 Å². The Morgan fingerprint density at radius 3 is 2.72 bits per heavy atom. The average Bonchev–Trinajstić information content (AvgIpc) is 2.99. The summed E-state index contributed by atoms with van der Waals surface area (Å²) in [6.07, 6.45) is 6.85. The molecule has 2 nitrogen and oxygen atoms in total. The fourth-order valence-electron chi connectivity index (χ4n) is 4.01. The molecule has 0 amide bonds. The first-order chi connectivity index (χ1) is 8.78. The van der Waals surface area contributed by atoms with Gasteiger partial charge in [0.25, 0.3) is 0 Å². The van der Waals surface area contributed by atoms with Gasteiger partial charge in [-0.25, -0.2) is 0 Å². The van der Waals surface area contributed by atoms with Crippen LogP contribution in [0.2, 0.25) is 5.02 Å². The van der Waals surface area contributed by atoms with E-state index in [2.05, 4.69) is 11.5 Å². The van der Waals surface area contributed by atoms with E-state index in [1.165, 1.54) is 25.7 Å². The number of nitrogens with two attached hydrogens (primary N) is 1. The molecule has 4 unspecified atom stereocenters. The van der Waals surface area contributed by atoms with Crippen molar-refractivity contribution in [2.75, 3.05) is 0 Å². The van der Waals surface area contributed by atoms with E-state index in [9.17, 15) is 0 Å². The van der Waals surface area contributed by atoms with Crippen LogP contribution in [-0.4, -0.2) is 0 Å². The first-order valence-corrected chi connectivity index (χ1v) is 7.36. The van der Waals surface area contributed by atoms with Crippen molar-refractivity contribution in [2.45, 2.75) is 38.1 Å². The van der Waals surface area contributed by atoms with E-state index < -0.39 is 0 Å². The molecule has 0 spiro atoms. The van der Waals surface area contributed by atoms with Crippen molar-refractivity contribution in [3.63, 3.8) is 0 Å². The summed E-state index contributed by atoms with van der Waals surface area (Å²) in [7, 11) is 0. The van der Waals surface area contributed by atoms with E-state index in [-0.39, 0.29) is 6.04 Å². The zero-order valence-corrected chi connectivity index (χ0v) is 11.4. The van der Waals surface area contributed by atoms with Crippen molar-refractivity contribution in [3.05, 3.63) is 34.9 Å². The maximum Gasteiger partial charge on any atom is 0.0477 e. The summed E-state index contributed by atoms with van der Waals surface area (Å²) in [4.78, 5) is 0. The maximum absolute atomic E-state index is 6.27. The molecular weight excluding hydrogens is 244 g/mol. The lowest BCUT2D eigenvalue weighted by Crippen LogP contribution is -2.31. The molecule has 2 saturated carbocycles. The van der Waals surface area contributed by atoms with Crippen molar-refractivity contribution < 1.29 is 0 Å². The summed E-state index contributed by atoms with van der Waals surface area (Å²) in [5, 5.41) is 0.823. The summed E-state index contributed by atoms with van der Waals surface area (Å²) >= 11 is 6.27. The number of rotatable bonds is 4. The molecule has 1 aromatic carbocycles. The van der Waals surface area contributed by atoms with Crippen LogP contribution >= 0.6 is 11.6 Å². The van der Waals surface area contributed by atoms with Crippen molar-refractivity contribution in [1.29, 1.82) is 0 Å². The third kappa shape index (κ3) is 2.29. The quantitative estimate of drug-likeness (QED) is 0.643. The van der Waals surface area contributed by atoms with Crippen LogP contribution in [0.5, 0.6) is 0 Å². The Morgan fingerprint density at radius 1 is 1.28 bits per heavy atom. The van der Waals surface area contributed by atoms with Gasteiger partial charge in [-0.3, -0.25) is 11.3 Å². The molecule has 3 N–H and O–H groups in total. The number of nitrogens with one attached hydrogen (secondary N) is 1. The number of hydrogen-bond donors (Lipinski definition) is 2. The van der Waals surface area contributed by atoms with E-state index in [4.69, 9.17) is 17.4 Å². The molecule has 4 atom stereocenters. The average molecular weight is 265 g/mol. The number of hydrogen-bond acceptors (Lipinski definition) is 2. The highest BCUT2D eigenvalue weighted by Gasteiger charge is 2.40. The molecular formula is C15H21ClN2. The van der Waals surface area contributed by atoms with E-state index in [1.807, 2.05) is 18.2 Å². The number of halogens is 1. The lowest BCUT2D eigenvalue weighted by atomic mass is 9.83. The molecule has 0 radical (unpaired) electrons. The lowest BCUT2D eigenvalue weighted by molar-refractivity contribution is 0.280. The van der Waals surface area contributed by atoms with Gasteiger partial charge in [0, 0.05) is 11.1 Å². The van der Waals surface area contributed by atoms with Crippen LogP contribution in [0.1, 0.15) is 43.7 Å². The highest BCUT2D eigenvalue weighted by atomic mass is 35.5. The normalized spacial score (nSPS) is 31.8. The Hall–Kier alpha value is -0.570. The Morgan fingerprint density at radius 2 is 2.11 bits per heavy atom. The number of fused-ring (bicyclic) bond motifs is 2. The van der Waals surface area contributed by atoms with Gasteiger partial charge in [0.2, 0.25) is 0 Å². The molecule has 98 valence electrons. The number of hydrazine groups is 1. The first-order valence-electron chi connectivity index (χ1n) is 6.98. The molecule has 18 heavy (non-hydrogen) atoms. The minimum atomic E-state index is 0.197. The Balaban J connectivity index is 1.72. The second-order valence-electron chi connectivity index (χ2n) is 5.91. The van der Waals surface area contributed by atoms with Crippen LogP contribution in [0.25, 0.3) is 0 Å². The standard InChI is InChI=1S/C15H21ClN2/c16-14-4-2-1-3-13(14)15(18-17)9-12-8-10-5-6-11(12)7-10/h1-4,10-12,15,18H,5-9,17H2. The second kappa shape index (κ2) is 5.20. The van der Waals surface area contributed by atoms with Gasteiger partial charge in [0.1, 0.15) is 0 Å². The van der Waals surface area contributed by atoms with Crippen molar-refractivity contribution in [3.8, 4) is 0 Å². The molecule has 0 aromatic heterocycles. The van der Waals surface area contributed by atoms with E-state index in [0.29, 0.717) is 0 Å².